The van der Waals surface area contributed by atoms with Crippen LogP contribution in [0.4, 0.5) is 0 Å². The first-order valence-electron chi connectivity index (χ1n) is 10.8. The molecule has 0 saturated carbocycles. The molecule has 31 heavy (non-hydrogen) atoms. The van der Waals surface area contributed by atoms with Crippen molar-refractivity contribution in [3.8, 4) is 17.2 Å². The number of benzene rings is 2. The SMILES string of the molecule is COc1ccc([C@@H]2[C@@H](C(=O)O)[C@@H](c3ccc4c(c3)OCO4)CN2CC2CCCO2)cc1. The monoisotopic (exact) mass is 425 g/mol. The molecular formula is C24H27NO6. The summed E-state index contributed by atoms with van der Waals surface area (Å²) in [6.45, 7) is 2.35. The maximum atomic E-state index is 12.6. The van der Waals surface area contributed by atoms with E-state index >= 15 is 0 Å². The van der Waals surface area contributed by atoms with Crippen molar-refractivity contribution in [3.63, 3.8) is 0 Å². The third-order valence-corrected chi connectivity index (χ3v) is 6.63. The average Bonchev–Trinajstić information content (AvgIpc) is 3.53. The molecule has 3 heterocycles. The Morgan fingerprint density at radius 3 is 2.61 bits per heavy atom. The number of carbonyl (C=O) groups is 1. The van der Waals surface area contributed by atoms with Crippen molar-refractivity contribution in [1.29, 1.82) is 0 Å². The largest absolute Gasteiger partial charge is 0.497 e. The van der Waals surface area contributed by atoms with Crippen molar-refractivity contribution in [2.45, 2.75) is 30.9 Å². The highest BCUT2D eigenvalue weighted by Gasteiger charge is 2.48. The van der Waals surface area contributed by atoms with Crippen LogP contribution < -0.4 is 14.2 Å². The molecule has 2 aromatic carbocycles. The first kappa shape index (κ1) is 20.2. The van der Waals surface area contributed by atoms with Crippen LogP contribution in [0.15, 0.2) is 42.5 Å². The van der Waals surface area contributed by atoms with Gasteiger partial charge in [-0.05, 0) is 48.2 Å². The number of rotatable bonds is 6. The van der Waals surface area contributed by atoms with E-state index in [0.717, 1.165) is 42.9 Å². The molecule has 0 bridgehead atoms. The number of carboxylic acids is 1. The molecule has 0 amide bonds. The summed E-state index contributed by atoms with van der Waals surface area (Å²) in [7, 11) is 1.63. The van der Waals surface area contributed by atoms with Gasteiger partial charge in [0.1, 0.15) is 5.75 Å². The lowest BCUT2D eigenvalue weighted by Gasteiger charge is -2.29. The Kier molecular flexibility index (Phi) is 5.46. The summed E-state index contributed by atoms with van der Waals surface area (Å²) < 4.78 is 22.2. The number of likely N-dealkylation sites (tertiary alicyclic amines) is 1. The van der Waals surface area contributed by atoms with Crippen LogP contribution in [0, 0.1) is 5.92 Å². The lowest BCUT2D eigenvalue weighted by Crippen LogP contribution is -2.34. The van der Waals surface area contributed by atoms with Crippen molar-refractivity contribution in [1.82, 2.24) is 4.90 Å². The number of ether oxygens (including phenoxy) is 4. The first-order chi connectivity index (χ1) is 15.1. The van der Waals surface area contributed by atoms with E-state index in [4.69, 9.17) is 18.9 Å². The van der Waals surface area contributed by atoms with Crippen LogP contribution >= 0.6 is 0 Å². The Bertz CT molecular complexity index is 940. The Morgan fingerprint density at radius 1 is 1.13 bits per heavy atom. The molecule has 4 atom stereocenters. The molecule has 3 aliphatic rings. The van der Waals surface area contributed by atoms with Gasteiger partial charge in [-0.2, -0.15) is 0 Å². The molecular weight excluding hydrogens is 398 g/mol. The van der Waals surface area contributed by atoms with Crippen LogP contribution in [0.25, 0.3) is 0 Å². The van der Waals surface area contributed by atoms with Gasteiger partial charge in [-0.15, -0.1) is 0 Å². The Balaban J connectivity index is 1.51. The average molecular weight is 425 g/mol. The topological polar surface area (TPSA) is 77.5 Å². The summed E-state index contributed by atoms with van der Waals surface area (Å²) in [5, 5.41) is 10.3. The summed E-state index contributed by atoms with van der Waals surface area (Å²) in [5.74, 6) is 0.595. The van der Waals surface area contributed by atoms with Gasteiger partial charge in [-0.25, -0.2) is 0 Å². The fourth-order valence-corrected chi connectivity index (χ4v) is 5.15. The van der Waals surface area contributed by atoms with Crippen molar-refractivity contribution in [3.05, 3.63) is 53.6 Å². The zero-order valence-corrected chi connectivity index (χ0v) is 17.5. The van der Waals surface area contributed by atoms with Crippen molar-refractivity contribution >= 4 is 5.97 Å². The molecule has 0 radical (unpaired) electrons. The van der Waals surface area contributed by atoms with Crippen molar-refractivity contribution in [2.75, 3.05) is 33.6 Å². The zero-order chi connectivity index (χ0) is 21.4. The molecule has 0 spiro atoms. The van der Waals surface area contributed by atoms with Gasteiger partial charge in [0, 0.05) is 31.7 Å². The minimum atomic E-state index is -0.793. The predicted molar refractivity (Wildman–Crippen MR) is 113 cm³/mol. The van der Waals surface area contributed by atoms with Gasteiger partial charge in [-0.1, -0.05) is 18.2 Å². The molecule has 3 aliphatic heterocycles. The number of fused-ring (bicyclic) bond motifs is 1. The highest BCUT2D eigenvalue weighted by molar-refractivity contribution is 5.74. The van der Waals surface area contributed by atoms with E-state index in [0.29, 0.717) is 18.0 Å². The van der Waals surface area contributed by atoms with Crippen LogP contribution in [0.3, 0.4) is 0 Å². The second-order valence-corrected chi connectivity index (χ2v) is 8.39. The minimum absolute atomic E-state index is 0.144. The van der Waals surface area contributed by atoms with Gasteiger partial charge in [0.05, 0.1) is 19.1 Å². The van der Waals surface area contributed by atoms with Gasteiger partial charge in [-0.3, -0.25) is 9.69 Å². The predicted octanol–water partition coefficient (Wildman–Crippen LogP) is 3.44. The molecule has 164 valence electrons. The number of hydrogen-bond acceptors (Lipinski definition) is 6. The lowest BCUT2D eigenvalue weighted by atomic mass is 9.82. The number of carboxylic acid groups (broad SMARTS) is 1. The maximum Gasteiger partial charge on any atom is 0.309 e. The van der Waals surface area contributed by atoms with Gasteiger partial charge >= 0.3 is 5.97 Å². The molecule has 5 rings (SSSR count). The van der Waals surface area contributed by atoms with Gasteiger partial charge in [0.25, 0.3) is 0 Å². The van der Waals surface area contributed by atoms with Gasteiger partial charge in [0.2, 0.25) is 6.79 Å². The van der Waals surface area contributed by atoms with E-state index in [2.05, 4.69) is 4.90 Å². The van der Waals surface area contributed by atoms with Crippen LogP contribution in [0.2, 0.25) is 0 Å². The Labute approximate surface area is 181 Å². The molecule has 2 aromatic rings. The molecule has 1 unspecified atom stereocenters. The third-order valence-electron chi connectivity index (χ3n) is 6.63. The Morgan fingerprint density at radius 2 is 1.90 bits per heavy atom. The van der Waals surface area contributed by atoms with E-state index < -0.39 is 11.9 Å². The number of methoxy groups -OCH3 is 1. The number of nitrogens with zero attached hydrogens (tertiary/aromatic N) is 1. The van der Waals surface area contributed by atoms with E-state index in [1.165, 1.54) is 0 Å². The molecule has 2 fully saturated rings. The number of aliphatic carboxylic acids is 1. The highest BCUT2D eigenvalue weighted by Crippen LogP contribution is 2.48. The second-order valence-electron chi connectivity index (χ2n) is 8.39. The number of hydrogen-bond donors (Lipinski definition) is 1. The van der Waals surface area contributed by atoms with Crippen LogP contribution in [0.5, 0.6) is 17.2 Å². The van der Waals surface area contributed by atoms with Gasteiger partial charge in [0.15, 0.2) is 11.5 Å². The normalized spacial score (nSPS) is 27.5. The fourth-order valence-electron chi connectivity index (χ4n) is 5.15. The molecule has 7 heteroatoms. The van der Waals surface area contributed by atoms with Crippen molar-refractivity contribution < 1.29 is 28.8 Å². The Hall–Kier alpha value is -2.77. The van der Waals surface area contributed by atoms with E-state index in [9.17, 15) is 9.90 Å². The zero-order valence-electron chi connectivity index (χ0n) is 17.5. The van der Waals surface area contributed by atoms with Crippen molar-refractivity contribution in [2.24, 2.45) is 5.92 Å². The molecule has 7 nitrogen and oxygen atoms in total. The first-order valence-corrected chi connectivity index (χ1v) is 10.8. The molecule has 0 aliphatic carbocycles. The van der Waals surface area contributed by atoms with Crippen LogP contribution in [-0.2, 0) is 9.53 Å². The highest BCUT2D eigenvalue weighted by atomic mass is 16.7. The lowest BCUT2D eigenvalue weighted by molar-refractivity contribution is -0.143. The standard InChI is InChI=1S/C24H27NO6/c1-28-17-7-4-15(5-8-17)23-22(24(26)27)19(13-25(23)12-18-3-2-10-29-18)16-6-9-20-21(11-16)31-14-30-20/h4-9,11,18-19,22-23H,2-3,10,12-14H2,1H3,(H,26,27)/t18?,19-,22+,23-/m1/s1. The third kappa shape index (κ3) is 3.83. The smallest absolute Gasteiger partial charge is 0.309 e. The van der Waals surface area contributed by atoms with Gasteiger partial charge < -0.3 is 24.1 Å². The fraction of sp³-hybridized carbons (Fsp3) is 0.458. The van der Waals surface area contributed by atoms with E-state index in [-0.39, 0.29) is 24.9 Å². The minimum Gasteiger partial charge on any atom is -0.497 e. The van der Waals surface area contributed by atoms with Crippen LogP contribution in [0.1, 0.15) is 35.9 Å². The second kappa shape index (κ2) is 8.40. The van der Waals surface area contributed by atoms with Crippen LogP contribution in [-0.4, -0.2) is 55.7 Å². The van der Waals surface area contributed by atoms with E-state index in [1.807, 2.05) is 42.5 Å². The summed E-state index contributed by atoms with van der Waals surface area (Å²) in [6.07, 6.45) is 2.21. The summed E-state index contributed by atoms with van der Waals surface area (Å²) in [6, 6.07) is 13.3. The van der Waals surface area contributed by atoms with E-state index in [1.54, 1.807) is 7.11 Å². The summed E-state index contributed by atoms with van der Waals surface area (Å²) in [5.41, 5.74) is 1.94. The summed E-state index contributed by atoms with van der Waals surface area (Å²) in [4.78, 5) is 14.9. The quantitative estimate of drug-likeness (QED) is 0.760. The summed E-state index contributed by atoms with van der Waals surface area (Å²) >= 11 is 0. The molecule has 1 N–H and O–H groups in total. The molecule has 2 saturated heterocycles. The maximum absolute atomic E-state index is 12.6. The molecule has 0 aromatic heterocycles.